The highest BCUT2D eigenvalue weighted by atomic mass is 16.6. The fraction of sp³-hybridized carbons (Fsp3) is 0.500. The molecule has 2 heterocycles. The molecule has 1 aromatic heterocycles. The SMILES string of the molecule is NC(=O)c1ncn([C@@H]2O[C@H](CO)[C@@H](O)[C@H]2O)c1C(N)=O. The van der Waals surface area contributed by atoms with E-state index in [1.54, 1.807) is 0 Å². The first kappa shape index (κ1) is 14.4. The molecule has 0 aliphatic carbocycles. The van der Waals surface area contributed by atoms with Gasteiger partial charge in [0.25, 0.3) is 11.8 Å². The number of hydrogen-bond acceptors (Lipinski definition) is 7. The summed E-state index contributed by atoms with van der Waals surface area (Å²) in [7, 11) is 0. The molecule has 0 radical (unpaired) electrons. The van der Waals surface area contributed by atoms with E-state index in [4.69, 9.17) is 21.3 Å². The summed E-state index contributed by atoms with van der Waals surface area (Å²) in [6, 6.07) is 0. The maximum atomic E-state index is 11.4. The fourth-order valence-corrected chi connectivity index (χ4v) is 2.09. The van der Waals surface area contributed by atoms with Crippen LogP contribution < -0.4 is 11.5 Å². The summed E-state index contributed by atoms with van der Waals surface area (Å²) in [4.78, 5) is 26.2. The molecule has 1 aromatic rings. The number of carbonyl (C=O) groups is 2. The van der Waals surface area contributed by atoms with Crippen molar-refractivity contribution >= 4 is 11.8 Å². The minimum atomic E-state index is -1.43. The van der Waals surface area contributed by atoms with Crippen molar-refractivity contribution in [2.45, 2.75) is 24.5 Å². The number of aliphatic hydroxyl groups is 3. The van der Waals surface area contributed by atoms with Crippen LogP contribution in [0.4, 0.5) is 0 Å². The Balaban J connectivity index is 2.44. The topological polar surface area (TPSA) is 174 Å². The van der Waals surface area contributed by atoms with E-state index >= 15 is 0 Å². The molecule has 7 N–H and O–H groups in total. The second kappa shape index (κ2) is 5.17. The number of hydrogen-bond donors (Lipinski definition) is 5. The average molecular weight is 286 g/mol. The highest BCUT2D eigenvalue weighted by Crippen LogP contribution is 2.30. The summed E-state index contributed by atoms with van der Waals surface area (Å²) in [6.07, 6.45) is -3.99. The molecule has 1 aliphatic heterocycles. The molecule has 2 rings (SSSR count). The Bertz CT molecular complexity index is 544. The van der Waals surface area contributed by atoms with E-state index in [1.807, 2.05) is 0 Å². The van der Waals surface area contributed by atoms with Crippen molar-refractivity contribution < 1.29 is 29.6 Å². The standard InChI is InChI=1S/C10H14N4O6/c11-8(18)4-5(9(12)19)14(2-13-4)10-7(17)6(16)3(1-15)20-10/h2-3,6-7,10,15-17H,1H2,(H2,11,18)(H2,12,19)/t3-,6-,7-,10-/m1/s1. The molecule has 0 saturated carbocycles. The van der Waals surface area contributed by atoms with Gasteiger partial charge in [0, 0.05) is 0 Å². The Hall–Kier alpha value is -2.01. The summed E-state index contributed by atoms with van der Waals surface area (Å²) < 4.78 is 6.22. The van der Waals surface area contributed by atoms with Crippen molar-refractivity contribution in [3.05, 3.63) is 17.7 Å². The molecule has 10 nitrogen and oxygen atoms in total. The molecule has 110 valence electrons. The Morgan fingerprint density at radius 3 is 2.40 bits per heavy atom. The third kappa shape index (κ3) is 2.14. The minimum absolute atomic E-state index is 0.340. The smallest absolute Gasteiger partial charge is 0.269 e. The van der Waals surface area contributed by atoms with Crippen LogP contribution in [0.3, 0.4) is 0 Å². The van der Waals surface area contributed by atoms with Crippen molar-refractivity contribution in [2.75, 3.05) is 6.61 Å². The van der Waals surface area contributed by atoms with E-state index in [0.717, 1.165) is 10.9 Å². The van der Waals surface area contributed by atoms with Gasteiger partial charge < -0.3 is 31.5 Å². The number of nitrogens with zero attached hydrogens (tertiary/aromatic N) is 2. The lowest BCUT2D eigenvalue weighted by atomic mass is 10.1. The highest BCUT2D eigenvalue weighted by molar-refractivity contribution is 6.03. The Morgan fingerprint density at radius 2 is 1.95 bits per heavy atom. The number of aromatic nitrogens is 2. The molecule has 20 heavy (non-hydrogen) atoms. The van der Waals surface area contributed by atoms with Gasteiger partial charge >= 0.3 is 0 Å². The number of amides is 2. The molecular weight excluding hydrogens is 272 g/mol. The fourth-order valence-electron chi connectivity index (χ4n) is 2.09. The maximum absolute atomic E-state index is 11.4. The Labute approximate surface area is 112 Å². The average Bonchev–Trinajstić information content (AvgIpc) is 2.93. The molecule has 1 aliphatic rings. The van der Waals surface area contributed by atoms with Crippen molar-refractivity contribution in [2.24, 2.45) is 11.5 Å². The van der Waals surface area contributed by atoms with Crippen LogP contribution in [0.5, 0.6) is 0 Å². The van der Waals surface area contributed by atoms with Gasteiger partial charge in [-0.3, -0.25) is 14.2 Å². The van der Waals surface area contributed by atoms with Crippen molar-refractivity contribution in [1.29, 1.82) is 0 Å². The molecule has 0 spiro atoms. The van der Waals surface area contributed by atoms with Crippen LogP contribution in [-0.2, 0) is 4.74 Å². The van der Waals surface area contributed by atoms with Crippen LogP contribution in [0.15, 0.2) is 6.33 Å². The molecule has 1 saturated heterocycles. The second-order valence-electron chi connectivity index (χ2n) is 4.31. The molecule has 1 fully saturated rings. The lowest BCUT2D eigenvalue weighted by Gasteiger charge is -2.17. The largest absolute Gasteiger partial charge is 0.394 e. The number of carbonyl (C=O) groups excluding carboxylic acids is 2. The van der Waals surface area contributed by atoms with Crippen molar-refractivity contribution in [3.63, 3.8) is 0 Å². The summed E-state index contributed by atoms with van der Waals surface area (Å²) in [6.45, 7) is -0.530. The molecule has 0 bridgehead atoms. The zero-order valence-corrected chi connectivity index (χ0v) is 10.2. The monoisotopic (exact) mass is 286 g/mol. The minimum Gasteiger partial charge on any atom is -0.394 e. The van der Waals surface area contributed by atoms with Gasteiger partial charge in [-0.05, 0) is 0 Å². The van der Waals surface area contributed by atoms with Gasteiger partial charge in [0.05, 0.1) is 12.9 Å². The van der Waals surface area contributed by atoms with Gasteiger partial charge in [0.1, 0.15) is 24.0 Å². The van der Waals surface area contributed by atoms with Crippen LogP contribution in [0.1, 0.15) is 27.2 Å². The van der Waals surface area contributed by atoms with E-state index in [2.05, 4.69) is 4.98 Å². The number of ether oxygens (including phenoxy) is 1. The summed E-state index contributed by atoms with van der Waals surface area (Å²) in [5.74, 6) is -1.96. The Morgan fingerprint density at radius 1 is 1.30 bits per heavy atom. The van der Waals surface area contributed by atoms with Gasteiger partial charge in [0.15, 0.2) is 11.9 Å². The maximum Gasteiger partial charge on any atom is 0.269 e. The third-order valence-corrected chi connectivity index (χ3v) is 3.05. The van der Waals surface area contributed by atoms with Gasteiger partial charge in [-0.25, -0.2) is 4.98 Å². The van der Waals surface area contributed by atoms with Gasteiger partial charge in [-0.1, -0.05) is 0 Å². The summed E-state index contributed by atoms with van der Waals surface area (Å²) in [5.41, 5.74) is 9.51. The van der Waals surface area contributed by atoms with Crippen LogP contribution >= 0.6 is 0 Å². The predicted molar refractivity (Wildman–Crippen MR) is 62.3 cm³/mol. The summed E-state index contributed by atoms with van der Waals surface area (Å²) >= 11 is 0. The quantitative estimate of drug-likeness (QED) is 0.385. The first-order valence-electron chi connectivity index (χ1n) is 5.67. The van der Waals surface area contributed by atoms with E-state index in [9.17, 15) is 19.8 Å². The van der Waals surface area contributed by atoms with Crippen LogP contribution in [0.2, 0.25) is 0 Å². The number of imidazole rings is 1. The van der Waals surface area contributed by atoms with E-state index in [-0.39, 0.29) is 11.4 Å². The molecular formula is C10H14N4O6. The van der Waals surface area contributed by atoms with Crippen molar-refractivity contribution in [3.8, 4) is 0 Å². The van der Waals surface area contributed by atoms with E-state index < -0.39 is 43.0 Å². The lowest BCUT2D eigenvalue weighted by Crippen LogP contribution is -2.34. The molecule has 0 unspecified atom stereocenters. The molecule has 4 atom stereocenters. The number of primary amides is 2. The first-order chi connectivity index (χ1) is 9.38. The predicted octanol–water partition coefficient (Wildman–Crippen LogP) is -3.31. The second-order valence-corrected chi connectivity index (χ2v) is 4.31. The van der Waals surface area contributed by atoms with Crippen LogP contribution in [-0.4, -0.2) is 61.6 Å². The molecule has 0 aromatic carbocycles. The first-order valence-corrected chi connectivity index (χ1v) is 5.67. The number of rotatable bonds is 4. The van der Waals surface area contributed by atoms with Gasteiger partial charge in [0.2, 0.25) is 0 Å². The zero-order chi connectivity index (χ0) is 15.0. The van der Waals surface area contributed by atoms with Crippen LogP contribution in [0, 0.1) is 0 Å². The molecule has 2 amide bonds. The highest BCUT2D eigenvalue weighted by Gasteiger charge is 2.44. The normalized spacial score (nSPS) is 29.6. The lowest BCUT2D eigenvalue weighted by molar-refractivity contribution is -0.0534. The van der Waals surface area contributed by atoms with Crippen molar-refractivity contribution in [1.82, 2.24) is 9.55 Å². The van der Waals surface area contributed by atoms with E-state index in [0.29, 0.717) is 0 Å². The summed E-state index contributed by atoms with van der Waals surface area (Å²) in [5, 5.41) is 28.5. The zero-order valence-electron chi connectivity index (χ0n) is 10.2. The van der Waals surface area contributed by atoms with Gasteiger partial charge in [-0.15, -0.1) is 0 Å². The van der Waals surface area contributed by atoms with Gasteiger partial charge in [-0.2, -0.15) is 0 Å². The van der Waals surface area contributed by atoms with Crippen LogP contribution in [0.25, 0.3) is 0 Å². The van der Waals surface area contributed by atoms with E-state index in [1.165, 1.54) is 0 Å². The third-order valence-electron chi connectivity index (χ3n) is 3.05. The Kier molecular flexibility index (Phi) is 3.72. The molecule has 10 heteroatoms. The number of aliphatic hydroxyl groups excluding tert-OH is 3. The number of nitrogens with two attached hydrogens (primary N) is 2.